The van der Waals surface area contributed by atoms with E-state index in [-0.39, 0.29) is 5.78 Å². The van der Waals surface area contributed by atoms with Gasteiger partial charge < -0.3 is 14.2 Å². The van der Waals surface area contributed by atoms with E-state index in [1.807, 2.05) is 48.5 Å². The standard InChI is InChI=1S/C48H65BrO5/c1-3-5-7-9-11-13-15-17-19-21-37-52-43-30-23-40(24-31-43)27-34-46(50)42-29-35-47(45(49)39-42)54-48(51)36-28-41-25-32-44(33-26-41)53-38-22-20-18-16-14-12-10-8-6-4-2/h23-36,39H,3-22,37-38H2,1-2H3/b34-27+,36-28+. The Morgan fingerprint density at radius 2 is 0.926 bits per heavy atom. The van der Waals surface area contributed by atoms with E-state index in [2.05, 4.69) is 29.8 Å². The van der Waals surface area contributed by atoms with Crippen LogP contribution in [0, 0.1) is 0 Å². The van der Waals surface area contributed by atoms with E-state index < -0.39 is 5.97 Å². The molecule has 5 nitrogen and oxygen atoms in total. The van der Waals surface area contributed by atoms with E-state index in [1.54, 1.807) is 36.4 Å². The molecule has 294 valence electrons. The second-order valence-corrected chi connectivity index (χ2v) is 15.2. The maximum Gasteiger partial charge on any atom is 0.336 e. The number of allylic oxidation sites excluding steroid dienone is 1. The molecule has 0 saturated heterocycles. The first-order valence-electron chi connectivity index (χ1n) is 20.9. The van der Waals surface area contributed by atoms with Gasteiger partial charge in [0.05, 0.1) is 17.7 Å². The lowest BCUT2D eigenvalue weighted by molar-refractivity contribution is -0.128. The highest BCUT2D eigenvalue weighted by molar-refractivity contribution is 9.10. The first kappa shape index (κ1) is 44.8. The van der Waals surface area contributed by atoms with Gasteiger partial charge in [-0.3, -0.25) is 4.79 Å². The summed E-state index contributed by atoms with van der Waals surface area (Å²) < 4.78 is 17.9. The summed E-state index contributed by atoms with van der Waals surface area (Å²) in [5.41, 5.74) is 2.27. The SMILES string of the molecule is CCCCCCCCCCCCOc1ccc(/C=C/C(=O)Oc2ccc(C(=O)/C=C/c3ccc(OCCCCCCCCCCCC)cc3)cc2Br)cc1. The van der Waals surface area contributed by atoms with Gasteiger partial charge >= 0.3 is 5.97 Å². The molecule has 0 atom stereocenters. The Hall–Kier alpha value is -3.64. The molecule has 0 aliphatic rings. The normalized spacial score (nSPS) is 11.4. The fourth-order valence-electron chi connectivity index (χ4n) is 6.22. The number of esters is 1. The summed E-state index contributed by atoms with van der Waals surface area (Å²) in [6, 6.07) is 20.4. The van der Waals surface area contributed by atoms with Crippen LogP contribution in [0.4, 0.5) is 0 Å². The molecular formula is C48H65BrO5. The molecule has 0 aliphatic heterocycles. The molecule has 6 heteroatoms. The average Bonchev–Trinajstić information content (AvgIpc) is 3.19. The van der Waals surface area contributed by atoms with Crippen LogP contribution in [-0.2, 0) is 4.79 Å². The van der Waals surface area contributed by atoms with Crippen LogP contribution in [0.3, 0.4) is 0 Å². The number of carbonyl (C=O) groups excluding carboxylic acids is 2. The zero-order chi connectivity index (χ0) is 38.5. The van der Waals surface area contributed by atoms with Crippen LogP contribution in [0.15, 0.2) is 83.4 Å². The summed E-state index contributed by atoms with van der Waals surface area (Å²) in [6.07, 6.45) is 32.5. The van der Waals surface area contributed by atoms with E-state index in [0.717, 1.165) is 48.7 Å². The Labute approximate surface area is 335 Å². The van der Waals surface area contributed by atoms with Crippen LogP contribution in [0.1, 0.15) is 164 Å². The van der Waals surface area contributed by atoms with Crippen molar-refractivity contribution in [3.63, 3.8) is 0 Å². The first-order chi connectivity index (χ1) is 26.5. The number of unbranched alkanes of at least 4 members (excludes halogenated alkanes) is 18. The van der Waals surface area contributed by atoms with Crippen molar-refractivity contribution in [3.8, 4) is 17.2 Å². The predicted molar refractivity (Wildman–Crippen MR) is 230 cm³/mol. The zero-order valence-electron chi connectivity index (χ0n) is 33.1. The summed E-state index contributed by atoms with van der Waals surface area (Å²) in [5, 5.41) is 0. The molecule has 0 saturated carbocycles. The maximum absolute atomic E-state index is 12.9. The van der Waals surface area contributed by atoms with Gasteiger partial charge in [0.25, 0.3) is 0 Å². The summed E-state index contributed by atoms with van der Waals surface area (Å²) in [4.78, 5) is 25.4. The number of hydrogen-bond donors (Lipinski definition) is 0. The smallest absolute Gasteiger partial charge is 0.336 e. The summed E-state index contributed by atoms with van der Waals surface area (Å²) in [6.45, 7) is 5.97. The molecule has 0 N–H and O–H groups in total. The number of ketones is 1. The van der Waals surface area contributed by atoms with Gasteiger partial charge in [0, 0.05) is 11.6 Å². The minimum Gasteiger partial charge on any atom is -0.494 e. The fraction of sp³-hybridized carbons (Fsp3) is 0.500. The van der Waals surface area contributed by atoms with Gasteiger partial charge in [-0.25, -0.2) is 4.79 Å². The van der Waals surface area contributed by atoms with Gasteiger partial charge in [0.1, 0.15) is 17.2 Å². The number of rotatable bonds is 30. The minimum atomic E-state index is -0.508. The highest BCUT2D eigenvalue weighted by Gasteiger charge is 2.10. The first-order valence-corrected chi connectivity index (χ1v) is 21.7. The molecule has 0 amide bonds. The van der Waals surface area contributed by atoms with E-state index in [4.69, 9.17) is 14.2 Å². The lowest BCUT2D eigenvalue weighted by Gasteiger charge is -2.07. The van der Waals surface area contributed by atoms with Crippen molar-refractivity contribution in [2.24, 2.45) is 0 Å². The van der Waals surface area contributed by atoms with Crippen molar-refractivity contribution in [1.82, 2.24) is 0 Å². The maximum atomic E-state index is 12.9. The summed E-state index contributed by atoms with van der Waals surface area (Å²) in [5.74, 6) is 1.36. The van der Waals surface area contributed by atoms with Gasteiger partial charge in [0.15, 0.2) is 5.78 Å². The van der Waals surface area contributed by atoms with Gasteiger partial charge in [-0.05, 0) is 94.5 Å². The Morgan fingerprint density at radius 3 is 1.35 bits per heavy atom. The van der Waals surface area contributed by atoms with Crippen molar-refractivity contribution in [2.75, 3.05) is 13.2 Å². The third-order valence-electron chi connectivity index (χ3n) is 9.56. The molecule has 0 fully saturated rings. The number of carbonyl (C=O) groups is 2. The van der Waals surface area contributed by atoms with Crippen molar-refractivity contribution < 1.29 is 23.8 Å². The molecule has 3 rings (SSSR count). The molecule has 3 aromatic carbocycles. The molecular weight excluding hydrogens is 736 g/mol. The molecule has 0 bridgehead atoms. The van der Waals surface area contributed by atoms with Gasteiger partial charge in [-0.1, -0.05) is 160 Å². The van der Waals surface area contributed by atoms with Gasteiger partial charge in [-0.2, -0.15) is 0 Å². The third kappa shape index (κ3) is 20.2. The molecule has 0 spiro atoms. The predicted octanol–water partition coefficient (Wildman–Crippen LogP) is 14.6. The monoisotopic (exact) mass is 800 g/mol. The Morgan fingerprint density at radius 1 is 0.519 bits per heavy atom. The number of halogens is 1. The van der Waals surface area contributed by atoms with E-state index >= 15 is 0 Å². The number of ether oxygens (including phenoxy) is 3. The minimum absolute atomic E-state index is 0.148. The van der Waals surface area contributed by atoms with Crippen LogP contribution in [0.25, 0.3) is 12.2 Å². The Kier molecular flexibility index (Phi) is 23.8. The van der Waals surface area contributed by atoms with Crippen LogP contribution >= 0.6 is 15.9 Å². The molecule has 0 radical (unpaired) electrons. The lowest BCUT2D eigenvalue weighted by Crippen LogP contribution is -2.05. The molecule has 54 heavy (non-hydrogen) atoms. The Bertz CT molecular complexity index is 1510. The molecule has 3 aromatic rings. The van der Waals surface area contributed by atoms with E-state index in [9.17, 15) is 9.59 Å². The molecule has 0 aromatic heterocycles. The van der Waals surface area contributed by atoms with Crippen molar-refractivity contribution in [3.05, 3.63) is 100 Å². The van der Waals surface area contributed by atoms with Crippen molar-refractivity contribution in [2.45, 2.75) is 142 Å². The molecule has 0 unspecified atom stereocenters. The largest absolute Gasteiger partial charge is 0.494 e. The summed E-state index contributed by atoms with van der Waals surface area (Å²) in [7, 11) is 0. The van der Waals surface area contributed by atoms with Gasteiger partial charge in [0.2, 0.25) is 0 Å². The highest BCUT2D eigenvalue weighted by Crippen LogP contribution is 2.27. The second kappa shape index (κ2) is 28.8. The van der Waals surface area contributed by atoms with E-state index in [1.165, 1.54) is 122 Å². The lowest BCUT2D eigenvalue weighted by atomic mass is 10.1. The van der Waals surface area contributed by atoms with Crippen LogP contribution < -0.4 is 14.2 Å². The third-order valence-corrected chi connectivity index (χ3v) is 10.2. The second-order valence-electron chi connectivity index (χ2n) is 14.3. The zero-order valence-corrected chi connectivity index (χ0v) is 34.7. The fourth-order valence-corrected chi connectivity index (χ4v) is 6.68. The van der Waals surface area contributed by atoms with Crippen LogP contribution in [-0.4, -0.2) is 25.0 Å². The molecule has 0 heterocycles. The summed E-state index contributed by atoms with van der Waals surface area (Å²) >= 11 is 3.45. The quantitative estimate of drug-likeness (QED) is 0.0221. The van der Waals surface area contributed by atoms with Crippen LogP contribution in [0.5, 0.6) is 17.2 Å². The van der Waals surface area contributed by atoms with E-state index in [0.29, 0.717) is 15.8 Å². The number of benzene rings is 3. The Balaban J connectivity index is 1.31. The average molecular weight is 802 g/mol. The number of hydrogen-bond acceptors (Lipinski definition) is 5. The van der Waals surface area contributed by atoms with Crippen molar-refractivity contribution >= 4 is 39.8 Å². The highest BCUT2D eigenvalue weighted by atomic mass is 79.9. The van der Waals surface area contributed by atoms with Crippen LogP contribution in [0.2, 0.25) is 0 Å². The molecule has 0 aliphatic carbocycles. The topological polar surface area (TPSA) is 61.8 Å². The van der Waals surface area contributed by atoms with Crippen molar-refractivity contribution in [1.29, 1.82) is 0 Å². The van der Waals surface area contributed by atoms with Gasteiger partial charge in [-0.15, -0.1) is 0 Å².